The number of rotatable bonds is 10. The highest BCUT2D eigenvalue weighted by Gasteiger charge is 2.53. The summed E-state index contributed by atoms with van der Waals surface area (Å²) in [5.74, 6) is 0. The van der Waals surface area contributed by atoms with Crippen molar-refractivity contribution in [2.75, 3.05) is 32.2 Å². The predicted octanol–water partition coefficient (Wildman–Crippen LogP) is 2.38. The maximum absolute atomic E-state index is 12.5. The molecule has 1 fully saturated rings. The van der Waals surface area contributed by atoms with Crippen LogP contribution in [0.15, 0.2) is 55.6 Å². The molecule has 2 rings (SSSR count). The van der Waals surface area contributed by atoms with Crippen molar-refractivity contribution in [2.45, 2.75) is 30.7 Å². The summed E-state index contributed by atoms with van der Waals surface area (Å²) in [6.07, 6.45) is -7.60. The Labute approximate surface area is 196 Å². The van der Waals surface area contributed by atoms with Crippen LogP contribution in [-0.2, 0) is 33.2 Å². The van der Waals surface area contributed by atoms with Crippen LogP contribution < -0.4 is 5.32 Å². The van der Waals surface area contributed by atoms with Gasteiger partial charge in [0.05, 0.1) is 6.61 Å². The van der Waals surface area contributed by atoms with Gasteiger partial charge in [-0.05, 0) is 12.1 Å². The number of aliphatic hydroxyl groups is 1. The predicted molar refractivity (Wildman–Crippen MR) is 116 cm³/mol. The van der Waals surface area contributed by atoms with Crippen LogP contribution in [0.25, 0.3) is 0 Å². The lowest BCUT2D eigenvalue weighted by atomic mass is 9.98. The molecular weight excluding hydrogens is 454 g/mol. The smallest absolute Gasteiger partial charge is 0.436 e. The lowest BCUT2D eigenvalue weighted by Gasteiger charge is -2.43. The molecular formula is C22H27NO11. The minimum Gasteiger partial charge on any atom is -0.436 e. The van der Waals surface area contributed by atoms with Gasteiger partial charge < -0.3 is 38.3 Å². The molecule has 1 amide bonds. The molecule has 0 saturated carbocycles. The monoisotopic (exact) mass is 481 g/mol. The molecule has 1 aromatic carbocycles. The summed E-state index contributed by atoms with van der Waals surface area (Å²) in [6.45, 7) is 5.85. The maximum atomic E-state index is 12.5. The normalized spacial score (nSPS) is 23.6. The third kappa shape index (κ3) is 7.76. The fraction of sp³-hybridized carbons (Fsp3) is 0.409. The van der Waals surface area contributed by atoms with Crippen LogP contribution in [0.5, 0.6) is 0 Å². The summed E-state index contributed by atoms with van der Waals surface area (Å²) in [6, 6.07) is 8.40. The lowest BCUT2D eigenvalue weighted by Crippen LogP contribution is -2.63. The Bertz CT molecular complexity index is 831. The van der Waals surface area contributed by atoms with Gasteiger partial charge in [0.2, 0.25) is 0 Å². The van der Waals surface area contributed by atoms with E-state index in [1.165, 1.54) is 19.3 Å². The lowest BCUT2D eigenvalue weighted by molar-refractivity contribution is -0.294. The fourth-order valence-corrected chi connectivity index (χ4v) is 2.95. The van der Waals surface area contributed by atoms with Crippen LogP contribution >= 0.6 is 0 Å². The van der Waals surface area contributed by atoms with Gasteiger partial charge in [-0.25, -0.2) is 14.4 Å². The third-order valence-electron chi connectivity index (χ3n) is 4.37. The first-order valence-corrected chi connectivity index (χ1v) is 10.1. The van der Waals surface area contributed by atoms with E-state index in [2.05, 4.69) is 18.5 Å². The van der Waals surface area contributed by atoms with Gasteiger partial charge >= 0.3 is 18.4 Å². The number of carbonyl (C=O) groups is 3. The standard InChI is InChI=1S/C22H27NO11/c1-4-11-29-21(26)33-16-15(13-24)31-19(28-3)18(17(16)34-22(27)30-12-5-2)32-20(25)23-14-9-7-6-8-10-14/h4-10,15-19,24H,1-2,11-13H2,3H3,(H,23,25)/t15-,16-,17+,18-,19+/m1/s1. The van der Waals surface area contributed by atoms with Gasteiger partial charge in [0, 0.05) is 12.8 Å². The van der Waals surface area contributed by atoms with E-state index in [4.69, 9.17) is 33.2 Å². The van der Waals surface area contributed by atoms with Crippen LogP contribution in [0.4, 0.5) is 20.1 Å². The minimum absolute atomic E-state index is 0.163. The van der Waals surface area contributed by atoms with Crippen molar-refractivity contribution in [3.8, 4) is 0 Å². The van der Waals surface area contributed by atoms with Gasteiger partial charge in [-0.15, -0.1) is 0 Å². The van der Waals surface area contributed by atoms with E-state index in [1.54, 1.807) is 30.3 Å². The average Bonchev–Trinajstić information content (AvgIpc) is 2.84. The second-order valence-corrected chi connectivity index (χ2v) is 6.69. The zero-order chi connectivity index (χ0) is 24.9. The van der Waals surface area contributed by atoms with E-state index >= 15 is 0 Å². The van der Waals surface area contributed by atoms with Gasteiger partial charge in [-0.1, -0.05) is 43.5 Å². The highest BCUT2D eigenvalue weighted by molar-refractivity contribution is 5.84. The molecule has 12 nitrogen and oxygen atoms in total. The van der Waals surface area contributed by atoms with Crippen LogP contribution in [0.3, 0.4) is 0 Å². The third-order valence-corrected chi connectivity index (χ3v) is 4.37. The molecule has 0 spiro atoms. The van der Waals surface area contributed by atoms with Gasteiger partial charge in [-0.3, -0.25) is 5.32 Å². The summed E-state index contributed by atoms with van der Waals surface area (Å²) in [5, 5.41) is 12.3. The number of anilines is 1. The fourth-order valence-electron chi connectivity index (χ4n) is 2.95. The topological polar surface area (TPSA) is 148 Å². The maximum Gasteiger partial charge on any atom is 0.509 e. The van der Waals surface area contributed by atoms with E-state index in [-0.39, 0.29) is 13.2 Å². The molecule has 186 valence electrons. The van der Waals surface area contributed by atoms with Gasteiger partial charge in [0.25, 0.3) is 0 Å². The zero-order valence-corrected chi connectivity index (χ0v) is 18.5. The first-order valence-electron chi connectivity index (χ1n) is 10.1. The second-order valence-electron chi connectivity index (χ2n) is 6.69. The Balaban J connectivity index is 2.30. The van der Waals surface area contributed by atoms with Crippen molar-refractivity contribution in [1.29, 1.82) is 0 Å². The first kappa shape index (κ1) is 26.6. The van der Waals surface area contributed by atoms with Crippen molar-refractivity contribution in [2.24, 2.45) is 0 Å². The number of amides is 1. The Kier molecular flexibility index (Phi) is 10.8. The summed E-state index contributed by atoms with van der Waals surface area (Å²) in [4.78, 5) is 36.8. The zero-order valence-electron chi connectivity index (χ0n) is 18.5. The summed E-state index contributed by atoms with van der Waals surface area (Å²) >= 11 is 0. The van der Waals surface area contributed by atoms with Crippen LogP contribution in [0, 0.1) is 0 Å². The van der Waals surface area contributed by atoms with Gasteiger partial charge in [0.15, 0.2) is 24.6 Å². The van der Waals surface area contributed by atoms with Crippen molar-refractivity contribution >= 4 is 24.1 Å². The minimum atomic E-state index is -1.51. The number of nitrogens with one attached hydrogen (secondary N) is 1. The van der Waals surface area contributed by atoms with Gasteiger partial charge in [-0.2, -0.15) is 0 Å². The Morgan fingerprint density at radius 1 is 0.971 bits per heavy atom. The molecule has 1 aliphatic heterocycles. The SMILES string of the molecule is C=CCOC(=O)O[C@@H]1[C@@H](OC(=O)Nc2ccccc2)[C@@H](OC)O[C@H](CO)[C@H]1OC(=O)OCC=C. The number of benzene rings is 1. The first-order chi connectivity index (χ1) is 16.4. The summed E-state index contributed by atoms with van der Waals surface area (Å²) in [5.41, 5.74) is 0.426. The molecule has 0 bridgehead atoms. The number of para-hydroxylation sites is 1. The Morgan fingerprint density at radius 2 is 1.56 bits per heavy atom. The molecule has 0 unspecified atom stereocenters. The van der Waals surface area contributed by atoms with Crippen LogP contribution in [0.2, 0.25) is 0 Å². The van der Waals surface area contributed by atoms with Crippen molar-refractivity contribution in [3.63, 3.8) is 0 Å². The highest BCUT2D eigenvalue weighted by atomic mass is 16.8. The molecule has 0 radical (unpaired) electrons. The summed E-state index contributed by atoms with van der Waals surface area (Å²) in [7, 11) is 1.25. The van der Waals surface area contributed by atoms with E-state index < -0.39 is 55.7 Å². The quantitative estimate of drug-likeness (QED) is 0.288. The van der Waals surface area contributed by atoms with Crippen molar-refractivity contribution in [1.82, 2.24) is 0 Å². The molecule has 0 aliphatic carbocycles. The highest BCUT2D eigenvalue weighted by Crippen LogP contribution is 2.29. The number of carbonyl (C=O) groups excluding carboxylic acids is 3. The summed E-state index contributed by atoms with van der Waals surface area (Å²) < 4.78 is 36.4. The van der Waals surface area contributed by atoms with Crippen LogP contribution in [0.1, 0.15) is 0 Å². The molecule has 2 N–H and O–H groups in total. The van der Waals surface area contributed by atoms with Crippen molar-refractivity contribution in [3.05, 3.63) is 55.6 Å². The molecule has 5 atom stereocenters. The number of aliphatic hydroxyl groups excluding tert-OH is 1. The van der Waals surface area contributed by atoms with E-state index in [0.29, 0.717) is 5.69 Å². The Morgan fingerprint density at radius 3 is 2.09 bits per heavy atom. The molecule has 1 saturated heterocycles. The van der Waals surface area contributed by atoms with E-state index in [1.807, 2.05) is 0 Å². The van der Waals surface area contributed by atoms with Crippen molar-refractivity contribution < 1.29 is 52.6 Å². The molecule has 34 heavy (non-hydrogen) atoms. The van der Waals surface area contributed by atoms with E-state index in [0.717, 1.165) is 0 Å². The number of ether oxygens (including phenoxy) is 7. The number of methoxy groups -OCH3 is 1. The Hall–Kier alpha value is -3.61. The van der Waals surface area contributed by atoms with E-state index in [9.17, 15) is 19.5 Å². The number of hydrogen-bond acceptors (Lipinski definition) is 11. The molecule has 1 aromatic rings. The average molecular weight is 481 g/mol. The number of hydrogen-bond donors (Lipinski definition) is 2. The second kappa shape index (κ2) is 13.8. The molecule has 12 heteroatoms. The molecule has 1 heterocycles. The molecule has 0 aromatic heterocycles. The molecule has 1 aliphatic rings. The van der Waals surface area contributed by atoms with Gasteiger partial charge in [0.1, 0.15) is 19.3 Å². The largest absolute Gasteiger partial charge is 0.509 e. The van der Waals surface area contributed by atoms with Crippen LogP contribution in [-0.4, -0.2) is 81.1 Å².